The molecule has 0 aromatic rings. The van der Waals surface area contributed by atoms with E-state index in [1.54, 1.807) is 0 Å². The maximum absolute atomic E-state index is 2.50. The van der Waals surface area contributed by atoms with Gasteiger partial charge in [0.05, 0.1) is 0 Å². The molecule has 0 saturated carbocycles. The van der Waals surface area contributed by atoms with E-state index in [9.17, 15) is 0 Å². The van der Waals surface area contributed by atoms with E-state index < -0.39 is 0 Å². The summed E-state index contributed by atoms with van der Waals surface area (Å²) in [5.74, 6) is 4.28. The molecule has 4 aliphatic heterocycles. The van der Waals surface area contributed by atoms with E-state index in [2.05, 4.69) is 110 Å². The van der Waals surface area contributed by atoms with Crippen LogP contribution in [0.5, 0.6) is 0 Å². The van der Waals surface area contributed by atoms with Crippen molar-refractivity contribution in [2.45, 2.75) is 131 Å². The van der Waals surface area contributed by atoms with Crippen LogP contribution in [0.15, 0.2) is 0 Å². The molecule has 0 N–H and O–H groups in total. The van der Waals surface area contributed by atoms with Crippen molar-refractivity contribution in [3.8, 4) is 0 Å². The van der Waals surface area contributed by atoms with Gasteiger partial charge >= 0.3 is 0 Å². The zero-order valence-corrected chi connectivity index (χ0v) is 27.8. The molecule has 4 heteroatoms. The molecule has 0 aliphatic carbocycles. The third-order valence-corrected chi connectivity index (χ3v) is 9.62. The smallest absolute Gasteiger partial charge is 0.0118 e. The summed E-state index contributed by atoms with van der Waals surface area (Å²) in [6.07, 6.45) is 9.84. The van der Waals surface area contributed by atoms with Crippen LogP contribution in [0.2, 0.25) is 0 Å². The van der Waals surface area contributed by atoms with E-state index in [0.717, 1.165) is 53.8 Å². The van der Waals surface area contributed by atoms with Crippen molar-refractivity contribution in [2.24, 2.45) is 29.6 Å². The normalized spacial score (nSPS) is 31.5. The third-order valence-electron chi connectivity index (χ3n) is 9.62. The standard InChI is InChI=1S/C9H19N.3C8H17N/c1-7(2)9-5-8(3)6-10(9)4;3*1-7(2)8-5-4-6-9(8)3/h7-9H,5-6H2,1-4H3;3*7-8H,4-6H2,1-3H3/t8-,9-;2*8-;/m110./s1. The summed E-state index contributed by atoms with van der Waals surface area (Å²) in [7, 11) is 8.95. The first-order chi connectivity index (χ1) is 17.3. The van der Waals surface area contributed by atoms with Crippen LogP contribution in [0.4, 0.5) is 0 Å². The van der Waals surface area contributed by atoms with Crippen molar-refractivity contribution >= 4 is 0 Å². The molecule has 4 fully saturated rings. The second kappa shape index (κ2) is 17.5. The van der Waals surface area contributed by atoms with Crippen molar-refractivity contribution in [1.82, 2.24) is 19.6 Å². The molecular formula is C33H70N4. The lowest BCUT2D eigenvalue weighted by molar-refractivity contribution is 0.250. The fraction of sp³-hybridized carbons (Fsp3) is 1.00. The van der Waals surface area contributed by atoms with Crippen molar-refractivity contribution < 1.29 is 0 Å². The van der Waals surface area contributed by atoms with Gasteiger partial charge in [-0.25, -0.2) is 0 Å². The minimum Gasteiger partial charge on any atom is -0.303 e. The van der Waals surface area contributed by atoms with Crippen LogP contribution < -0.4 is 0 Å². The van der Waals surface area contributed by atoms with E-state index in [0.29, 0.717) is 0 Å². The molecule has 222 valence electrons. The van der Waals surface area contributed by atoms with Gasteiger partial charge in [-0.1, -0.05) is 62.3 Å². The summed E-state index contributed by atoms with van der Waals surface area (Å²) in [5.41, 5.74) is 0. The zero-order valence-electron chi connectivity index (χ0n) is 27.8. The Morgan fingerprint density at radius 3 is 0.865 bits per heavy atom. The Labute approximate surface area is 234 Å². The molecule has 0 spiro atoms. The summed E-state index contributed by atoms with van der Waals surface area (Å²) in [6, 6.07) is 3.44. The molecule has 0 radical (unpaired) electrons. The van der Waals surface area contributed by atoms with Gasteiger partial charge in [-0.3, -0.25) is 0 Å². The number of likely N-dealkylation sites (tertiary alicyclic amines) is 4. The first kappa shape index (κ1) is 34.9. The van der Waals surface area contributed by atoms with E-state index in [1.165, 1.54) is 71.1 Å². The SMILES string of the molecule is CC(C)C1CCCN1C.CC(C)[C@@H]1CCCN1C.CC(C)[C@H]1CCCN1C.CC(C)[C@H]1C[C@@H](C)CN1C. The Kier molecular flexibility index (Phi) is 16.5. The van der Waals surface area contributed by atoms with Crippen LogP contribution in [-0.4, -0.2) is 98.1 Å². The van der Waals surface area contributed by atoms with Crippen molar-refractivity contribution in [2.75, 3.05) is 54.4 Å². The van der Waals surface area contributed by atoms with Crippen LogP contribution in [-0.2, 0) is 0 Å². The fourth-order valence-corrected chi connectivity index (χ4v) is 7.41. The second-order valence-corrected chi connectivity index (χ2v) is 14.4. The molecule has 0 aromatic carbocycles. The fourth-order valence-electron chi connectivity index (χ4n) is 7.41. The van der Waals surface area contributed by atoms with Gasteiger partial charge < -0.3 is 19.6 Å². The number of rotatable bonds is 4. The first-order valence-electron chi connectivity index (χ1n) is 16.1. The van der Waals surface area contributed by atoms with Gasteiger partial charge in [0, 0.05) is 30.7 Å². The number of hydrogen-bond acceptors (Lipinski definition) is 4. The molecule has 0 aromatic heterocycles. The molecule has 4 saturated heterocycles. The summed E-state index contributed by atoms with van der Waals surface area (Å²) in [5, 5.41) is 0. The highest BCUT2D eigenvalue weighted by Crippen LogP contribution is 2.26. The van der Waals surface area contributed by atoms with Crippen LogP contribution in [0.25, 0.3) is 0 Å². The highest BCUT2D eigenvalue weighted by Gasteiger charge is 2.28. The maximum atomic E-state index is 2.50. The number of hydrogen-bond donors (Lipinski definition) is 0. The van der Waals surface area contributed by atoms with E-state index >= 15 is 0 Å². The molecule has 4 nitrogen and oxygen atoms in total. The minimum atomic E-state index is 0.829. The van der Waals surface area contributed by atoms with Gasteiger partial charge in [-0.2, -0.15) is 0 Å². The molecule has 0 bridgehead atoms. The van der Waals surface area contributed by atoms with Gasteiger partial charge in [-0.15, -0.1) is 0 Å². The summed E-state index contributed by atoms with van der Waals surface area (Å²) >= 11 is 0. The van der Waals surface area contributed by atoms with E-state index in [-0.39, 0.29) is 0 Å². The lowest BCUT2D eigenvalue weighted by Gasteiger charge is -2.22. The highest BCUT2D eigenvalue weighted by molar-refractivity contribution is 4.83. The summed E-state index contributed by atoms with van der Waals surface area (Å²) < 4.78 is 0. The Morgan fingerprint density at radius 2 is 0.757 bits per heavy atom. The lowest BCUT2D eigenvalue weighted by atomic mass is 9.99. The molecule has 4 aliphatic rings. The molecule has 37 heavy (non-hydrogen) atoms. The van der Waals surface area contributed by atoms with Gasteiger partial charge in [0.15, 0.2) is 0 Å². The van der Waals surface area contributed by atoms with Crippen molar-refractivity contribution in [3.05, 3.63) is 0 Å². The lowest BCUT2D eigenvalue weighted by Crippen LogP contribution is -2.29. The van der Waals surface area contributed by atoms with Crippen molar-refractivity contribution in [3.63, 3.8) is 0 Å². The molecular weight excluding hydrogens is 452 g/mol. The van der Waals surface area contributed by atoms with Gasteiger partial charge in [0.1, 0.15) is 0 Å². The quantitative estimate of drug-likeness (QED) is 0.387. The molecule has 4 heterocycles. The Bertz CT molecular complexity index is 518. The first-order valence-corrected chi connectivity index (χ1v) is 16.1. The van der Waals surface area contributed by atoms with Crippen LogP contribution >= 0.6 is 0 Å². The monoisotopic (exact) mass is 523 g/mol. The minimum absolute atomic E-state index is 0.829. The average molecular weight is 523 g/mol. The topological polar surface area (TPSA) is 13.0 Å². The highest BCUT2D eigenvalue weighted by atomic mass is 15.2. The van der Waals surface area contributed by atoms with Gasteiger partial charge in [0.2, 0.25) is 0 Å². The van der Waals surface area contributed by atoms with Gasteiger partial charge in [-0.05, 0) is 122 Å². The van der Waals surface area contributed by atoms with Crippen LogP contribution in [0.1, 0.15) is 107 Å². The van der Waals surface area contributed by atoms with Crippen molar-refractivity contribution in [1.29, 1.82) is 0 Å². The predicted molar refractivity (Wildman–Crippen MR) is 167 cm³/mol. The largest absolute Gasteiger partial charge is 0.303 e. The zero-order chi connectivity index (χ0) is 28.3. The molecule has 5 atom stereocenters. The number of nitrogens with zero attached hydrogens (tertiary/aromatic N) is 4. The van der Waals surface area contributed by atoms with Crippen LogP contribution in [0, 0.1) is 29.6 Å². The summed E-state index contributed by atoms with van der Waals surface area (Å²) in [4.78, 5) is 9.93. The molecule has 1 unspecified atom stereocenters. The molecule has 0 amide bonds. The van der Waals surface area contributed by atoms with Gasteiger partial charge in [0.25, 0.3) is 0 Å². The second-order valence-electron chi connectivity index (χ2n) is 14.4. The van der Waals surface area contributed by atoms with Crippen LogP contribution in [0.3, 0.4) is 0 Å². The maximum Gasteiger partial charge on any atom is 0.0118 e. The summed E-state index contributed by atoms with van der Waals surface area (Å²) in [6.45, 7) is 26.1. The Balaban J connectivity index is 0.000000247. The average Bonchev–Trinajstić information content (AvgIpc) is 3.58. The van der Waals surface area contributed by atoms with E-state index in [1.807, 2.05) is 0 Å². The predicted octanol–water partition coefficient (Wildman–Crippen LogP) is 7.19. The third kappa shape index (κ3) is 12.3. The van der Waals surface area contributed by atoms with E-state index in [4.69, 9.17) is 0 Å². The Hall–Kier alpha value is -0.160. The molecule has 4 rings (SSSR count). The Morgan fingerprint density at radius 1 is 0.459 bits per heavy atom.